The number of rotatable bonds is 8. The van der Waals surface area contributed by atoms with E-state index in [9.17, 15) is 14.9 Å². The van der Waals surface area contributed by atoms with Gasteiger partial charge in [-0.1, -0.05) is 36.0 Å². The number of carbonyl (C=O) groups is 1. The highest BCUT2D eigenvalue weighted by atomic mass is 32.2. The maximum atomic E-state index is 12.4. The van der Waals surface area contributed by atoms with Gasteiger partial charge in [-0.15, -0.1) is 21.5 Å². The van der Waals surface area contributed by atoms with Gasteiger partial charge in [-0.25, -0.2) is 9.66 Å². The molecule has 13 heteroatoms. The van der Waals surface area contributed by atoms with Crippen molar-refractivity contribution < 1.29 is 14.5 Å². The zero-order valence-electron chi connectivity index (χ0n) is 17.2. The van der Waals surface area contributed by atoms with Crippen molar-refractivity contribution in [3.63, 3.8) is 0 Å². The lowest BCUT2D eigenvalue weighted by molar-refractivity contribution is -0.384. The Morgan fingerprint density at radius 1 is 1.27 bits per heavy atom. The minimum Gasteiger partial charge on any atom is -0.496 e. The molecule has 0 spiro atoms. The summed E-state index contributed by atoms with van der Waals surface area (Å²) in [6.07, 6.45) is 0. The van der Waals surface area contributed by atoms with E-state index < -0.39 is 4.92 Å². The van der Waals surface area contributed by atoms with Crippen LogP contribution in [-0.2, 0) is 4.79 Å². The van der Waals surface area contributed by atoms with Gasteiger partial charge in [-0.2, -0.15) is 0 Å². The van der Waals surface area contributed by atoms with Crippen LogP contribution >= 0.6 is 23.1 Å². The molecule has 0 aliphatic rings. The number of benzene rings is 2. The fourth-order valence-corrected chi connectivity index (χ4v) is 4.31. The maximum absolute atomic E-state index is 12.4. The first-order valence-electron chi connectivity index (χ1n) is 9.43. The van der Waals surface area contributed by atoms with E-state index in [1.165, 1.54) is 28.1 Å². The van der Waals surface area contributed by atoms with Crippen LogP contribution in [0, 0.1) is 10.1 Å². The van der Waals surface area contributed by atoms with E-state index in [2.05, 4.69) is 20.5 Å². The molecule has 11 nitrogen and oxygen atoms in total. The lowest BCUT2D eigenvalue weighted by Crippen LogP contribution is -2.16. The molecule has 3 N–H and O–H groups in total. The lowest BCUT2D eigenvalue weighted by Gasteiger charge is -2.07. The van der Waals surface area contributed by atoms with E-state index in [4.69, 9.17) is 10.6 Å². The number of amides is 1. The van der Waals surface area contributed by atoms with E-state index in [1.54, 1.807) is 30.7 Å². The summed E-state index contributed by atoms with van der Waals surface area (Å²) >= 11 is 2.35. The number of nitrogens with one attached hydrogen (secondary N) is 1. The summed E-state index contributed by atoms with van der Waals surface area (Å²) < 4.78 is 6.64. The highest BCUT2D eigenvalue weighted by Crippen LogP contribution is 2.30. The fourth-order valence-electron chi connectivity index (χ4n) is 2.92. The number of hydrogen-bond acceptors (Lipinski definition) is 10. The molecule has 0 fully saturated rings. The number of nitrogens with zero attached hydrogens (tertiary/aromatic N) is 5. The second-order valence-electron chi connectivity index (χ2n) is 6.56. The van der Waals surface area contributed by atoms with Crippen LogP contribution in [0.25, 0.3) is 22.6 Å². The van der Waals surface area contributed by atoms with Gasteiger partial charge in [0.2, 0.25) is 11.1 Å². The molecule has 0 radical (unpaired) electrons. The van der Waals surface area contributed by atoms with Crippen molar-refractivity contribution in [3.05, 3.63) is 64.0 Å². The maximum Gasteiger partial charge on any atom is 0.270 e. The van der Waals surface area contributed by atoms with Crippen LogP contribution in [0.3, 0.4) is 0 Å². The van der Waals surface area contributed by atoms with E-state index in [-0.39, 0.29) is 17.3 Å². The van der Waals surface area contributed by atoms with Crippen molar-refractivity contribution in [2.45, 2.75) is 5.16 Å². The third-order valence-corrected chi connectivity index (χ3v) is 6.15. The van der Waals surface area contributed by atoms with E-state index in [0.717, 1.165) is 11.8 Å². The SMILES string of the molecule is COc1ccccc1-c1nnc(SCC(=O)Nc2nc(-c3cccc([N+](=O)[O-])c3)cs2)n1N. The van der Waals surface area contributed by atoms with Gasteiger partial charge in [-0.05, 0) is 12.1 Å². The van der Waals surface area contributed by atoms with Crippen molar-refractivity contribution in [1.29, 1.82) is 0 Å². The molecule has 0 saturated carbocycles. The number of aromatic nitrogens is 4. The van der Waals surface area contributed by atoms with Crippen LogP contribution in [0.4, 0.5) is 10.8 Å². The average Bonchev–Trinajstić information content (AvgIpc) is 3.44. The van der Waals surface area contributed by atoms with Crippen molar-refractivity contribution in [1.82, 2.24) is 19.9 Å². The number of thiazole rings is 1. The van der Waals surface area contributed by atoms with E-state index in [1.807, 2.05) is 18.2 Å². The Labute approximate surface area is 195 Å². The summed E-state index contributed by atoms with van der Waals surface area (Å²) in [5, 5.41) is 24.3. The van der Waals surface area contributed by atoms with E-state index in [0.29, 0.717) is 38.7 Å². The van der Waals surface area contributed by atoms with Gasteiger partial charge in [0.15, 0.2) is 11.0 Å². The first-order chi connectivity index (χ1) is 16.0. The van der Waals surface area contributed by atoms with Gasteiger partial charge in [0.1, 0.15) is 5.75 Å². The molecule has 0 bridgehead atoms. The minimum absolute atomic E-state index is 0.0270. The molecule has 33 heavy (non-hydrogen) atoms. The number of non-ortho nitro benzene ring substituents is 1. The fraction of sp³-hybridized carbons (Fsp3) is 0.100. The number of methoxy groups -OCH3 is 1. The summed E-state index contributed by atoms with van der Waals surface area (Å²) in [5.74, 6) is 6.87. The Morgan fingerprint density at radius 3 is 2.88 bits per heavy atom. The number of anilines is 1. The van der Waals surface area contributed by atoms with Crippen molar-refractivity contribution in [3.8, 4) is 28.4 Å². The zero-order chi connectivity index (χ0) is 23.4. The topological polar surface area (TPSA) is 151 Å². The lowest BCUT2D eigenvalue weighted by atomic mass is 10.1. The Hall–Kier alpha value is -3.97. The zero-order valence-corrected chi connectivity index (χ0v) is 18.8. The van der Waals surface area contributed by atoms with Crippen LogP contribution in [0.15, 0.2) is 59.1 Å². The summed E-state index contributed by atoms with van der Waals surface area (Å²) in [7, 11) is 1.55. The molecule has 0 atom stereocenters. The highest BCUT2D eigenvalue weighted by Gasteiger charge is 2.17. The predicted molar refractivity (Wildman–Crippen MR) is 126 cm³/mol. The summed E-state index contributed by atoms with van der Waals surface area (Å²) in [6.45, 7) is 0. The number of nitro groups is 1. The van der Waals surface area contributed by atoms with Crippen LogP contribution < -0.4 is 15.9 Å². The average molecular weight is 484 g/mol. The van der Waals surface area contributed by atoms with Crippen LogP contribution in [0.2, 0.25) is 0 Å². The molecule has 1 amide bonds. The summed E-state index contributed by atoms with van der Waals surface area (Å²) in [4.78, 5) is 27.2. The number of nitrogen functional groups attached to an aromatic ring is 1. The first-order valence-corrected chi connectivity index (χ1v) is 11.3. The molecule has 2 heterocycles. The van der Waals surface area contributed by atoms with Gasteiger partial charge in [0.05, 0.1) is 29.0 Å². The monoisotopic (exact) mass is 483 g/mol. The Kier molecular flexibility index (Phi) is 6.51. The third kappa shape index (κ3) is 4.94. The number of nitro benzene ring substituents is 1. The molecule has 0 unspecified atom stereocenters. The Bertz CT molecular complexity index is 1320. The van der Waals surface area contributed by atoms with Gasteiger partial charge in [0.25, 0.3) is 5.69 Å². The number of carbonyl (C=O) groups excluding carboxylic acids is 1. The number of para-hydroxylation sites is 1. The standard InChI is InChI=1S/C20H17N7O4S2/c1-31-16-8-3-2-7-14(16)18-24-25-20(26(18)21)33-11-17(28)23-19-22-15(10-32-19)12-5-4-6-13(9-12)27(29)30/h2-10H,11,21H2,1H3,(H,22,23,28). The Morgan fingerprint density at radius 2 is 2.09 bits per heavy atom. The highest BCUT2D eigenvalue weighted by molar-refractivity contribution is 7.99. The molecule has 0 saturated heterocycles. The predicted octanol–water partition coefficient (Wildman–Crippen LogP) is 3.43. The molecule has 4 rings (SSSR count). The van der Waals surface area contributed by atoms with Crippen LogP contribution in [-0.4, -0.2) is 43.6 Å². The van der Waals surface area contributed by atoms with Crippen molar-refractivity contribution in [2.75, 3.05) is 24.0 Å². The summed E-state index contributed by atoms with van der Waals surface area (Å²) in [6, 6.07) is 13.4. The number of ether oxygens (including phenoxy) is 1. The summed E-state index contributed by atoms with van der Waals surface area (Å²) in [5.41, 5.74) is 1.79. The molecule has 168 valence electrons. The normalized spacial score (nSPS) is 10.7. The molecular weight excluding hydrogens is 466 g/mol. The first kappa shape index (κ1) is 22.2. The molecule has 2 aromatic heterocycles. The number of nitrogens with two attached hydrogens (primary N) is 1. The van der Waals surface area contributed by atoms with Gasteiger partial charge >= 0.3 is 0 Å². The van der Waals surface area contributed by atoms with Gasteiger partial charge in [-0.3, -0.25) is 14.9 Å². The third-order valence-electron chi connectivity index (χ3n) is 4.45. The van der Waals surface area contributed by atoms with E-state index >= 15 is 0 Å². The van der Waals surface area contributed by atoms with Crippen LogP contribution in [0.1, 0.15) is 0 Å². The second kappa shape index (κ2) is 9.67. The molecule has 0 aliphatic heterocycles. The molecular formula is C20H17N7O4S2. The second-order valence-corrected chi connectivity index (χ2v) is 8.36. The smallest absolute Gasteiger partial charge is 0.270 e. The number of hydrogen-bond donors (Lipinski definition) is 2. The largest absolute Gasteiger partial charge is 0.496 e. The quantitative estimate of drug-likeness (QED) is 0.166. The minimum atomic E-state index is -0.467. The molecule has 0 aliphatic carbocycles. The molecule has 4 aromatic rings. The van der Waals surface area contributed by atoms with Crippen molar-refractivity contribution >= 4 is 39.8 Å². The van der Waals surface area contributed by atoms with Gasteiger partial charge < -0.3 is 15.9 Å². The Balaban J connectivity index is 1.39. The van der Waals surface area contributed by atoms with Gasteiger partial charge in [0, 0.05) is 23.1 Å². The molecule has 2 aromatic carbocycles. The number of thioether (sulfide) groups is 1. The van der Waals surface area contributed by atoms with Crippen LogP contribution in [0.5, 0.6) is 5.75 Å². The van der Waals surface area contributed by atoms with Crippen molar-refractivity contribution in [2.24, 2.45) is 0 Å².